The number of hydrogen-bond donors (Lipinski definition) is 1. The first-order valence-electron chi connectivity index (χ1n) is 16.2. The van der Waals surface area contributed by atoms with E-state index < -0.39 is 17.7 Å². The number of amides is 1. The highest BCUT2D eigenvalue weighted by atomic mass is 32.2. The zero-order chi connectivity index (χ0) is 33.2. The maximum Gasteiger partial charge on any atom is 0.301 e. The van der Waals surface area contributed by atoms with E-state index in [1.807, 2.05) is 55.5 Å². The summed E-state index contributed by atoms with van der Waals surface area (Å²) in [4.78, 5) is 29.0. The summed E-state index contributed by atoms with van der Waals surface area (Å²) in [6.45, 7) is 4.68. The van der Waals surface area contributed by atoms with Crippen LogP contribution in [-0.4, -0.2) is 39.7 Å². The number of aliphatic hydroxyl groups excluding tert-OH is 1. The molecule has 1 N–H and O–H groups in total. The number of aliphatic hydroxyl groups is 1. The highest BCUT2D eigenvalue weighted by Crippen LogP contribution is 2.45. The Kier molecular flexibility index (Phi) is 9.19. The maximum absolute atomic E-state index is 13.8. The maximum atomic E-state index is 13.8. The number of carbonyl (C=O) groups excluding carboxylic acids is 2. The van der Waals surface area contributed by atoms with Crippen LogP contribution >= 0.6 is 23.1 Å². The number of carbonyl (C=O) groups is 2. The molecule has 5 aromatic rings. The number of hydrogen-bond acceptors (Lipinski definition) is 9. The fourth-order valence-corrected chi connectivity index (χ4v) is 8.17. The molecule has 1 fully saturated rings. The third kappa shape index (κ3) is 6.30. The summed E-state index contributed by atoms with van der Waals surface area (Å²) in [5.41, 5.74) is 3.18. The molecule has 2 aliphatic heterocycles. The zero-order valence-electron chi connectivity index (χ0n) is 26.7. The number of unbranched alkanes of at least 4 members (excludes halogenated alkanes) is 2. The van der Waals surface area contributed by atoms with Crippen LogP contribution in [0.25, 0.3) is 16.5 Å². The van der Waals surface area contributed by atoms with Crippen molar-refractivity contribution in [2.75, 3.05) is 11.5 Å². The molecule has 0 spiro atoms. The second-order valence-corrected chi connectivity index (χ2v) is 14.2. The van der Waals surface area contributed by atoms with Gasteiger partial charge in [0.1, 0.15) is 23.4 Å². The average Bonchev–Trinajstić information content (AvgIpc) is 3.80. The van der Waals surface area contributed by atoms with Crippen LogP contribution in [0.4, 0.5) is 5.13 Å². The van der Waals surface area contributed by atoms with Crippen LogP contribution in [0.5, 0.6) is 11.5 Å². The Labute approximate surface area is 287 Å². The van der Waals surface area contributed by atoms with Crippen molar-refractivity contribution in [1.29, 1.82) is 0 Å². The second-order valence-electron chi connectivity index (χ2n) is 12.0. The third-order valence-electron chi connectivity index (χ3n) is 8.64. The number of ether oxygens (including phenoxy) is 2. The molecule has 0 radical (unpaired) electrons. The van der Waals surface area contributed by atoms with Crippen LogP contribution in [0.15, 0.2) is 94.8 Å². The number of fused-ring (bicyclic) bond motifs is 2. The smallest absolute Gasteiger partial charge is 0.301 e. The van der Waals surface area contributed by atoms with Crippen molar-refractivity contribution in [3.63, 3.8) is 0 Å². The van der Waals surface area contributed by atoms with Gasteiger partial charge in [0.15, 0.2) is 4.34 Å². The highest BCUT2D eigenvalue weighted by Gasteiger charge is 2.48. The van der Waals surface area contributed by atoms with Crippen LogP contribution in [0.3, 0.4) is 0 Å². The highest BCUT2D eigenvalue weighted by molar-refractivity contribution is 8.00. The van der Waals surface area contributed by atoms with Gasteiger partial charge in [0.05, 0.1) is 18.2 Å². The van der Waals surface area contributed by atoms with Gasteiger partial charge in [-0.25, -0.2) is 0 Å². The van der Waals surface area contributed by atoms with Gasteiger partial charge in [0.2, 0.25) is 5.13 Å². The lowest BCUT2D eigenvalue weighted by atomic mass is 9.94. The first-order chi connectivity index (χ1) is 23.4. The molecule has 8 nitrogen and oxygen atoms in total. The number of rotatable bonds is 11. The summed E-state index contributed by atoms with van der Waals surface area (Å²) in [6, 6.07) is 26.2. The molecule has 1 aromatic heterocycles. The molecule has 2 aliphatic rings. The fraction of sp³-hybridized carbons (Fsp3) is 0.263. The Morgan fingerprint density at radius 1 is 1.02 bits per heavy atom. The first kappa shape index (κ1) is 31.9. The van der Waals surface area contributed by atoms with Crippen molar-refractivity contribution < 1.29 is 24.2 Å². The monoisotopic (exact) mass is 677 g/mol. The minimum atomic E-state index is -0.934. The molecule has 4 aromatic carbocycles. The van der Waals surface area contributed by atoms with Crippen LogP contribution in [0.1, 0.15) is 61.4 Å². The van der Waals surface area contributed by atoms with Gasteiger partial charge in [-0.3, -0.25) is 14.5 Å². The number of benzene rings is 4. The number of thioether (sulfide) groups is 1. The molecule has 0 unspecified atom stereocenters. The van der Waals surface area contributed by atoms with Crippen LogP contribution < -0.4 is 14.4 Å². The minimum Gasteiger partial charge on any atom is -0.507 e. The quantitative estimate of drug-likeness (QED) is 0.0371. The molecule has 3 heterocycles. The molecule has 0 bridgehead atoms. The Morgan fingerprint density at radius 3 is 2.73 bits per heavy atom. The van der Waals surface area contributed by atoms with Gasteiger partial charge in [0.25, 0.3) is 5.78 Å². The van der Waals surface area contributed by atoms with Crippen molar-refractivity contribution in [3.8, 4) is 11.5 Å². The number of aromatic nitrogens is 2. The minimum absolute atomic E-state index is 0.00444. The normalized spacial score (nSPS) is 18.3. The van der Waals surface area contributed by atoms with Gasteiger partial charge < -0.3 is 14.6 Å². The molecule has 48 heavy (non-hydrogen) atoms. The number of ketones is 1. The van der Waals surface area contributed by atoms with E-state index >= 15 is 0 Å². The Bertz CT molecular complexity index is 2030. The van der Waals surface area contributed by atoms with Crippen LogP contribution in [0.2, 0.25) is 0 Å². The molecular weight excluding hydrogens is 643 g/mol. The first-order valence-corrected chi connectivity index (χ1v) is 18.0. The number of anilines is 1. The fourth-order valence-electron chi connectivity index (χ4n) is 6.30. The van der Waals surface area contributed by atoms with Gasteiger partial charge in [-0.1, -0.05) is 97.5 Å². The van der Waals surface area contributed by atoms with Crippen LogP contribution in [0, 0.1) is 0 Å². The molecular formula is C38H35N3O5S2. The summed E-state index contributed by atoms with van der Waals surface area (Å²) < 4.78 is 12.6. The SMILES string of the molecule is CCCCCOc1cccc([C@H]2C(=C(O)c3ccc4c(c3)C[C@H](C)O4)C(=O)C(=O)N2c2nnc(SCc3cccc4ccccc34)s2)c1. The molecule has 7 rings (SSSR count). The Balaban J connectivity index is 1.24. The van der Waals surface area contributed by atoms with E-state index in [2.05, 4.69) is 41.4 Å². The van der Waals surface area contributed by atoms with Gasteiger partial charge in [-0.15, -0.1) is 10.2 Å². The van der Waals surface area contributed by atoms with E-state index in [0.717, 1.165) is 30.6 Å². The predicted molar refractivity (Wildman–Crippen MR) is 190 cm³/mol. The lowest BCUT2D eigenvalue weighted by Gasteiger charge is -2.23. The van der Waals surface area contributed by atoms with E-state index in [9.17, 15) is 14.7 Å². The molecule has 10 heteroatoms. The number of nitrogens with zero attached hydrogens (tertiary/aromatic N) is 3. The molecule has 244 valence electrons. The van der Waals surface area contributed by atoms with Crippen LogP contribution in [-0.2, 0) is 21.8 Å². The molecule has 1 saturated heterocycles. The van der Waals surface area contributed by atoms with E-state index in [1.54, 1.807) is 12.1 Å². The lowest BCUT2D eigenvalue weighted by Crippen LogP contribution is -2.29. The zero-order valence-corrected chi connectivity index (χ0v) is 28.4. The largest absolute Gasteiger partial charge is 0.507 e. The van der Waals surface area contributed by atoms with Crippen molar-refractivity contribution in [3.05, 3.63) is 113 Å². The topological polar surface area (TPSA) is 102 Å². The molecule has 1 amide bonds. The second kappa shape index (κ2) is 13.8. The Hall–Kier alpha value is -4.67. The van der Waals surface area contributed by atoms with Gasteiger partial charge >= 0.3 is 5.91 Å². The van der Waals surface area contributed by atoms with Gasteiger partial charge in [-0.2, -0.15) is 0 Å². The molecule has 2 atom stereocenters. The predicted octanol–water partition coefficient (Wildman–Crippen LogP) is 8.50. The summed E-state index contributed by atoms with van der Waals surface area (Å²) in [5, 5.41) is 23.2. The third-order valence-corrected chi connectivity index (χ3v) is 10.7. The van der Waals surface area contributed by atoms with E-state index in [4.69, 9.17) is 9.47 Å². The summed E-state index contributed by atoms with van der Waals surface area (Å²) in [7, 11) is 0. The van der Waals surface area contributed by atoms with E-state index in [0.29, 0.717) is 40.0 Å². The number of Topliss-reactive ketones (excluding diaryl/α,β-unsaturated/α-hetero) is 1. The summed E-state index contributed by atoms with van der Waals surface area (Å²) in [5.74, 6) is 0.254. The van der Waals surface area contributed by atoms with Crippen molar-refractivity contribution in [2.24, 2.45) is 0 Å². The van der Waals surface area contributed by atoms with E-state index in [-0.39, 0.29) is 22.6 Å². The lowest BCUT2D eigenvalue weighted by molar-refractivity contribution is -0.132. The van der Waals surface area contributed by atoms with Crippen molar-refractivity contribution in [1.82, 2.24) is 10.2 Å². The van der Waals surface area contributed by atoms with Crippen molar-refractivity contribution >= 4 is 56.5 Å². The standard InChI is InChI=1S/C38H35N3O5S2/c1-3-4-7-18-45-29-14-9-12-25(21-29)33-32(34(42)26-16-17-31-28(20-26)19-23(2)46-31)35(43)36(44)41(33)37-39-40-38(48-37)47-22-27-13-8-11-24-10-5-6-15-30(24)27/h5-6,8-17,20-21,23,33,42H,3-4,7,18-19,22H2,1-2H3/t23-,33-/m0/s1. The van der Waals surface area contributed by atoms with Gasteiger partial charge in [-0.05, 0) is 71.1 Å². The van der Waals surface area contributed by atoms with E-state index in [1.165, 1.54) is 44.3 Å². The summed E-state index contributed by atoms with van der Waals surface area (Å²) >= 11 is 2.78. The summed E-state index contributed by atoms with van der Waals surface area (Å²) in [6.07, 6.45) is 3.77. The van der Waals surface area contributed by atoms with Gasteiger partial charge in [0, 0.05) is 17.7 Å². The molecule has 0 saturated carbocycles. The Morgan fingerprint density at radius 2 is 1.85 bits per heavy atom. The average molecular weight is 678 g/mol. The molecule has 0 aliphatic carbocycles. The van der Waals surface area contributed by atoms with Crippen molar-refractivity contribution in [2.45, 2.75) is 61.8 Å².